The van der Waals surface area contributed by atoms with E-state index < -0.39 is 18.0 Å². The third kappa shape index (κ3) is 3.85. The summed E-state index contributed by atoms with van der Waals surface area (Å²) in [7, 11) is 1.52. The molecule has 114 valence electrons. The van der Waals surface area contributed by atoms with Crippen molar-refractivity contribution in [2.24, 2.45) is 0 Å². The summed E-state index contributed by atoms with van der Waals surface area (Å²) in [5.74, 6) is -0.422. The number of esters is 1. The Hall–Kier alpha value is -2.82. The van der Waals surface area contributed by atoms with Crippen molar-refractivity contribution in [3.63, 3.8) is 0 Å². The maximum absolute atomic E-state index is 12.1. The fourth-order valence-electron chi connectivity index (χ4n) is 1.84. The molecule has 0 aliphatic carbocycles. The van der Waals surface area contributed by atoms with Crippen molar-refractivity contribution in [3.05, 3.63) is 60.2 Å². The standard InChI is InChI=1S/C17H17NO4/c1-12(22-17(20)13-8-4-3-5-9-13)16(19)18-14-10-6-7-11-15(14)21-2/h3-12H,1-2H3,(H,18,19)/t12-/m0/s1. The first kappa shape index (κ1) is 15.6. The monoisotopic (exact) mass is 299 g/mol. The first-order chi connectivity index (χ1) is 10.6. The molecule has 0 bridgehead atoms. The Kier molecular flexibility index (Phi) is 5.14. The van der Waals surface area contributed by atoms with Crippen LogP contribution in [0.25, 0.3) is 0 Å². The van der Waals surface area contributed by atoms with Crippen molar-refractivity contribution in [2.75, 3.05) is 12.4 Å². The minimum absolute atomic E-state index is 0.402. The molecular formula is C17H17NO4. The summed E-state index contributed by atoms with van der Waals surface area (Å²) >= 11 is 0. The number of hydrogen-bond donors (Lipinski definition) is 1. The fraction of sp³-hybridized carbons (Fsp3) is 0.176. The summed E-state index contributed by atoms with van der Waals surface area (Å²) in [4.78, 5) is 24.0. The van der Waals surface area contributed by atoms with Gasteiger partial charge in [0.05, 0.1) is 18.4 Å². The van der Waals surface area contributed by atoms with Crippen molar-refractivity contribution in [3.8, 4) is 5.75 Å². The van der Waals surface area contributed by atoms with Gasteiger partial charge in [-0.1, -0.05) is 30.3 Å². The second-order valence-electron chi connectivity index (χ2n) is 4.60. The molecule has 0 fully saturated rings. The van der Waals surface area contributed by atoms with Crippen molar-refractivity contribution >= 4 is 17.6 Å². The van der Waals surface area contributed by atoms with E-state index in [-0.39, 0.29) is 0 Å². The highest BCUT2D eigenvalue weighted by molar-refractivity contribution is 5.98. The lowest BCUT2D eigenvalue weighted by Gasteiger charge is -2.15. The number of nitrogens with one attached hydrogen (secondary N) is 1. The Morgan fingerprint density at radius 3 is 2.32 bits per heavy atom. The van der Waals surface area contributed by atoms with Crippen LogP contribution in [0.3, 0.4) is 0 Å². The van der Waals surface area contributed by atoms with Gasteiger partial charge in [0, 0.05) is 0 Å². The van der Waals surface area contributed by atoms with E-state index in [1.54, 1.807) is 54.6 Å². The maximum Gasteiger partial charge on any atom is 0.338 e. The average molecular weight is 299 g/mol. The Bertz CT molecular complexity index is 655. The summed E-state index contributed by atoms with van der Waals surface area (Å²) in [6, 6.07) is 15.5. The SMILES string of the molecule is COc1ccccc1NC(=O)[C@H](C)OC(=O)c1ccccc1. The van der Waals surface area contributed by atoms with Crippen LogP contribution >= 0.6 is 0 Å². The van der Waals surface area contributed by atoms with E-state index in [2.05, 4.69) is 5.32 Å². The number of ether oxygens (including phenoxy) is 2. The lowest BCUT2D eigenvalue weighted by Crippen LogP contribution is -2.30. The number of carbonyl (C=O) groups is 2. The van der Waals surface area contributed by atoms with E-state index in [4.69, 9.17) is 9.47 Å². The summed E-state index contributed by atoms with van der Waals surface area (Å²) in [6.45, 7) is 1.52. The van der Waals surface area contributed by atoms with Crippen LogP contribution in [0.4, 0.5) is 5.69 Å². The van der Waals surface area contributed by atoms with Crippen LogP contribution in [0.2, 0.25) is 0 Å². The van der Waals surface area contributed by atoms with Crippen LogP contribution in [0, 0.1) is 0 Å². The van der Waals surface area contributed by atoms with Crippen molar-refractivity contribution in [1.29, 1.82) is 0 Å². The summed E-state index contributed by atoms with van der Waals surface area (Å²) in [6.07, 6.45) is -0.919. The Morgan fingerprint density at radius 1 is 1.00 bits per heavy atom. The lowest BCUT2D eigenvalue weighted by atomic mass is 10.2. The highest BCUT2D eigenvalue weighted by Gasteiger charge is 2.19. The number of anilines is 1. The minimum Gasteiger partial charge on any atom is -0.495 e. The quantitative estimate of drug-likeness (QED) is 0.862. The molecule has 0 aliphatic heterocycles. The van der Waals surface area contributed by atoms with Gasteiger partial charge in [0.2, 0.25) is 0 Å². The maximum atomic E-state index is 12.1. The van der Waals surface area contributed by atoms with Gasteiger partial charge in [-0.25, -0.2) is 4.79 Å². The number of benzene rings is 2. The van der Waals surface area contributed by atoms with E-state index in [1.807, 2.05) is 0 Å². The predicted molar refractivity (Wildman–Crippen MR) is 82.9 cm³/mol. The molecule has 0 spiro atoms. The number of amides is 1. The Labute approximate surface area is 128 Å². The Balaban J connectivity index is 1.99. The first-order valence-corrected chi connectivity index (χ1v) is 6.81. The molecule has 22 heavy (non-hydrogen) atoms. The molecule has 1 N–H and O–H groups in total. The highest BCUT2D eigenvalue weighted by Crippen LogP contribution is 2.23. The van der Waals surface area contributed by atoms with Gasteiger partial charge in [-0.3, -0.25) is 4.79 Å². The van der Waals surface area contributed by atoms with Crippen LogP contribution in [-0.2, 0) is 9.53 Å². The van der Waals surface area contributed by atoms with E-state index in [9.17, 15) is 9.59 Å². The zero-order valence-electron chi connectivity index (χ0n) is 12.4. The molecule has 0 aliphatic rings. The van der Waals surface area contributed by atoms with Crippen LogP contribution in [0.1, 0.15) is 17.3 Å². The number of para-hydroxylation sites is 2. The topological polar surface area (TPSA) is 64.6 Å². The normalized spacial score (nSPS) is 11.4. The average Bonchev–Trinajstić information content (AvgIpc) is 2.56. The summed E-state index contributed by atoms with van der Waals surface area (Å²) < 4.78 is 10.3. The largest absolute Gasteiger partial charge is 0.495 e. The summed E-state index contributed by atoms with van der Waals surface area (Å²) in [5.41, 5.74) is 0.928. The molecule has 1 amide bonds. The Morgan fingerprint density at radius 2 is 1.64 bits per heavy atom. The zero-order chi connectivity index (χ0) is 15.9. The molecular weight excluding hydrogens is 282 g/mol. The fourth-order valence-corrected chi connectivity index (χ4v) is 1.84. The molecule has 0 unspecified atom stereocenters. The van der Waals surface area contributed by atoms with Gasteiger partial charge in [-0.05, 0) is 31.2 Å². The second-order valence-corrected chi connectivity index (χ2v) is 4.60. The molecule has 2 aromatic carbocycles. The molecule has 1 atom stereocenters. The van der Waals surface area contributed by atoms with Gasteiger partial charge in [-0.15, -0.1) is 0 Å². The van der Waals surface area contributed by atoms with Crippen LogP contribution in [0.15, 0.2) is 54.6 Å². The minimum atomic E-state index is -0.919. The smallest absolute Gasteiger partial charge is 0.338 e. The third-order valence-electron chi connectivity index (χ3n) is 3.03. The molecule has 0 radical (unpaired) electrons. The van der Waals surface area contributed by atoms with Crippen molar-refractivity contribution in [1.82, 2.24) is 0 Å². The molecule has 2 rings (SSSR count). The first-order valence-electron chi connectivity index (χ1n) is 6.81. The number of rotatable bonds is 5. The van der Waals surface area contributed by atoms with Gasteiger partial charge < -0.3 is 14.8 Å². The van der Waals surface area contributed by atoms with Gasteiger partial charge in [-0.2, -0.15) is 0 Å². The van der Waals surface area contributed by atoms with Gasteiger partial charge in [0.1, 0.15) is 5.75 Å². The highest BCUT2D eigenvalue weighted by atomic mass is 16.5. The van der Waals surface area contributed by atoms with Gasteiger partial charge in [0.25, 0.3) is 5.91 Å². The molecule has 2 aromatic rings. The van der Waals surface area contributed by atoms with Gasteiger partial charge >= 0.3 is 5.97 Å². The zero-order valence-corrected chi connectivity index (χ0v) is 12.4. The van der Waals surface area contributed by atoms with Crippen LogP contribution in [-0.4, -0.2) is 25.1 Å². The molecule has 0 saturated carbocycles. The molecule has 0 aromatic heterocycles. The van der Waals surface area contributed by atoms with Crippen LogP contribution in [0.5, 0.6) is 5.75 Å². The number of methoxy groups -OCH3 is 1. The van der Waals surface area contributed by atoms with E-state index in [0.717, 1.165) is 0 Å². The predicted octanol–water partition coefficient (Wildman–Crippen LogP) is 2.88. The van der Waals surface area contributed by atoms with E-state index in [0.29, 0.717) is 17.0 Å². The molecule has 5 heteroatoms. The molecule has 0 heterocycles. The van der Waals surface area contributed by atoms with Gasteiger partial charge in [0.15, 0.2) is 6.10 Å². The third-order valence-corrected chi connectivity index (χ3v) is 3.03. The molecule has 5 nitrogen and oxygen atoms in total. The van der Waals surface area contributed by atoms with Crippen LogP contribution < -0.4 is 10.1 Å². The summed E-state index contributed by atoms with van der Waals surface area (Å²) in [5, 5.41) is 2.68. The van der Waals surface area contributed by atoms with E-state index >= 15 is 0 Å². The lowest BCUT2D eigenvalue weighted by molar-refractivity contribution is -0.123. The van der Waals surface area contributed by atoms with E-state index in [1.165, 1.54) is 14.0 Å². The molecule has 0 saturated heterocycles. The van der Waals surface area contributed by atoms with Crippen molar-refractivity contribution in [2.45, 2.75) is 13.0 Å². The van der Waals surface area contributed by atoms with Crippen molar-refractivity contribution < 1.29 is 19.1 Å². The number of carbonyl (C=O) groups excluding carboxylic acids is 2. The second kappa shape index (κ2) is 7.26. The number of hydrogen-bond acceptors (Lipinski definition) is 4.